The minimum atomic E-state index is -3.96. The highest BCUT2D eigenvalue weighted by molar-refractivity contribution is 7.09. The number of aromatic nitrogens is 1. The maximum Gasteiger partial charge on any atom is 0.375 e. The number of nitrogens with one attached hydrogen (secondary N) is 3. The molecule has 1 aliphatic carbocycles. The van der Waals surface area contributed by atoms with Crippen LogP contribution >= 0.6 is 11.3 Å². The fourth-order valence-electron chi connectivity index (χ4n) is 6.24. The lowest BCUT2D eigenvalue weighted by Gasteiger charge is -2.38. The number of carbonyl (C=O) groups is 4. The number of aliphatic hydroxyl groups is 1. The topological polar surface area (TPSA) is 141 Å². The summed E-state index contributed by atoms with van der Waals surface area (Å²) in [5.74, 6) is -8.68. The van der Waals surface area contributed by atoms with Gasteiger partial charge >= 0.3 is 5.92 Å². The van der Waals surface area contributed by atoms with Crippen molar-refractivity contribution in [3.05, 3.63) is 45.7 Å². The van der Waals surface area contributed by atoms with Crippen LogP contribution in [0.5, 0.6) is 0 Å². The minimum absolute atomic E-state index is 0.136. The van der Waals surface area contributed by atoms with Gasteiger partial charge in [-0.25, -0.2) is 9.37 Å². The van der Waals surface area contributed by atoms with Crippen molar-refractivity contribution in [1.29, 1.82) is 0 Å². The van der Waals surface area contributed by atoms with Gasteiger partial charge in [0.2, 0.25) is 17.7 Å². The summed E-state index contributed by atoms with van der Waals surface area (Å²) in [6, 6.07) is 1.66. The predicted molar refractivity (Wildman–Crippen MR) is 176 cm³/mol. The average Bonchev–Trinajstić information content (AvgIpc) is 3.50. The maximum atomic E-state index is 15.6. The van der Waals surface area contributed by atoms with Crippen molar-refractivity contribution < 1.29 is 37.5 Å². The molecule has 2 fully saturated rings. The van der Waals surface area contributed by atoms with Gasteiger partial charge < -0.3 is 26.0 Å². The van der Waals surface area contributed by atoms with Gasteiger partial charge in [-0.2, -0.15) is 8.78 Å². The molecular formula is C34H46F3N5O5S. The maximum absolute atomic E-state index is 15.6. The van der Waals surface area contributed by atoms with E-state index in [0.29, 0.717) is 67.3 Å². The predicted octanol–water partition coefficient (Wildman–Crippen LogP) is 5.00. The third-order valence-electron chi connectivity index (χ3n) is 9.61. The number of piperidine rings is 1. The first-order valence-corrected chi connectivity index (χ1v) is 17.4. The molecule has 1 aromatic carbocycles. The fourth-order valence-corrected chi connectivity index (χ4v) is 7.02. The Morgan fingerprint density at radius 2 is 1.77 bits per heavy atom. The zero-order valence-electron chi connectivity index (χ0n) is 28.1. The highest BCUT2D eigenvalue weighted by Crippen LogP contribution is 2.35. The number of thiazole rings is 1. The molecule has 264 valence electrons. The molecule has 1 aliphatic heterocycles. The molecule has 14 heteroatoms. The van der Waals surface area contributed by atoms with Gasteiger partial charge in [0.1, 0.15) is 17.9 Å². The van der Waals surface area contributed by atoms with E-state index in [1.54, 1.807) is 25.7 Å². The zero-order chi connectivity index (χ0) is 35.4. The summed E-state index contributed by atoms with van der Waals surface area (Å²) in [6.07, 6.45) is 3.44. The summed E-state index contributed by atoms with van der Waals surface area (Å²) in [5, 5.41) is 18.5. The van der Waals surface area contributed by atoms with E-state index in [0.717, 1.165) is 18.9 Å². The number of carbonyl (C=O) groups excluding carboxylic acids is 4. The van der Waals surface area contributed by atoms with E-state index in [9.17, 15) is 24.3 Å². The molecule has 48 heavy (non-hydrogen) atoms. The summed E-state index contributed by atoms with van der Waals surface area (Å²) in [7, 11) is 0. The first kappa shape index (κ1) is 37.3. The molecule has 2 aromatic rings. The number of likely N-dealkylation sites (tertiary alicyclic amines) is 1. The van der Waals surface area contributed by atoms with Crippen molar-refractivity contribution >= 4 is 40.7 Å². The largest absolute Gasteiger partial charge is 0.390 e. The van der Waals surface area contributed by atoms with Gasteiger partial charge in [-0.3, -0.25) is 19.2 Å². The molecule has 0 bridgehead atoms. The highest BCUT2D eigenvalue weighted by atomic mass is 32.1. The summed E-state index contributed by atoms with van der Waals surface area (Å²) in [4.78, 5) is 57.7. The molecule has 1 saturated carbocycles. The van der Waals surface area contributed by atoms with Crippen molar-refractivity contribution in [2.75, 3.05) is 18.4 Å². The lowest BCUT2D eigenvalue weighted by Crippen LogP contribution is -2.54. The Kier molecular flexibility index (Phi) is 11.9. The number of aryl methyl sites for hydroxylation is 1. The van der Waals surface area contributed by atoms with Gasteiger partial charge in [-0.1, -0.05) is 39.7 Å². The Hall–Kier alpha value is -3.52. The Morgan fingerprint density at radius 1 is 1.12 bits per heavy atom. The van der Waals surface area contributed by atoms with Crippen LogP contribution in [0.2, 0.25) is 0 Å². The SMILES string of the molecule is CCC(=O)N[C@@H](C(=O)N1CCC(C)(O)CC1)[C@@H](C)c1ccc(NC(=O)[C@@H](NC(=O)C(F)(F)c2nc(C)cs2)[C@H]2CC[C@H](C)CC2)c(F)c1. The van der Waals surface area contributed by atoms with Gasteiger partial charge in [0.15, 0.2) is 5.01 Å². The molecule has 2 heterocycles. The Balaban J connectivity index is 1.53. The van der Waals surface area contributed by atoms with Gasteiger partial charge in [0.05, 0.1) is 11.3 Å². The van der Waals surface area contributed by atoms with Crippen LogP contribution in [0.4, 0.5) is 18.9 Å². The number of hydrogen-bond donors (Lipinski definition) is 4. The second kappa shape index (κ2) is 15.4. The van der Waals surface area contributed by atoms with Crippen LogP contribution in [0, 0.1) is 24.6 Å². The van der Waals surface area contributed by atoms with Crippen molar-refractivity contribution in [2.24, 2.45) is 11.8 Å². The highest BCUT2D eigenvalue weighted by Gasteiger charge is 2.46. The van der Waals surface area contributed by atoms with Crippen LogP contribution in [0.1, 0.15) is 94.8 Å². The summed E-state index contributed by atoms with van der Waals surface area (Å²) in [5.41, 5.74) is -0.378. The van der Waals surface area contributed by atoms with Gasteiger partial charge in [0.25, 0.3) is 5.91 Å². The number of alkyl halides is 2. The third kappa shape index (κ3) is 8.93. The van der Waals surface area contributed by atoms with Crippen LogP contribution < -0.4 is 16.0 Å². The molecular weight excluding hydrogens is 647 g/mol. The third-order valence-corrected chi connectivity index (χ3v) is 10.6. The van der Waals surface area contributed by atoms with Gasteiger partial charge in [-0.15, -0.1) is 11.3 Å². The average molecular weight is 694 g/mol. The molecule has 2 aliphatic rings. The van der Waals surface area contributed by atoms with Crippen LogP contribution in [0.15, 0.2) is 23.6 Å². The molecule has 10 nitrogen and oxygen atoms in total. The first-order chi connectivity index (χ1) is 22.5. The summed E-state index contributed by atoms with van der Waals surface area (Å²) < 4.78 is 45.8. The number of rotatable bonds is 11. The summed E-state index contributed by atoms with van der Waals surface area (Å²) >= 11 is 0.651. The monoisotopic (exact) mass is 693 g/mol. The first-order valence-electron chi connectivity index (χ1n) is 16.5. The Labute approximate surface area is 283 Å². The second-order valence-electron chi connectivity index (χ2n) is 13.6. The quantitative estimate of drug-likeness (QED) is 0.261. The second-order valence-corrected chi connectivity index (χ2v) is 14.4. The van der Waals surface area contributed by atoms with E-state index in [1.165, 1.54) is 24.4 Å². The van der Waals surface area contributed by atoms with Gasteiger partial charge in [-0.05, 0) is 69.1 Å². The minimum Gasteiger partial charge on any atom is -0.390 e. The molecule has 3 atom stereocenters. The molecule has 4 amide bonds. The molecule has 1 saturated heterocycles. The van der Waals surface area contributed by atoms with Crippen LogP contribution in [-0.2, 0) is 25.1 Å². The molecule has 4 rings (SSSR count). The number of halogens is 3. The lowest BCUT2D eigenvalue weighted by molar-refractivity contribution is -0.149. The van der Waals surface area contributed by atoms with Crippen molar-refractivity contribution in [3.8, 4) is 0 Å². The lowest BCUT2D eigenvalue weighted by atomic mass is 9.79. The molecule has 4 N–H and O–H groups in total. The van der Waals surface area contributed by atoms with Gasteiger partial charge in [0, 0.05) is 36.5 Å². The van der Waals surface area contributed by atoms with Crippen LogP contribution in [-0.4, -0.2) is 69.4 Å². The smallest absolute Gasteiger partial charge is 0.375 e. The van der Waals surface area contributed by atoms with Crippen molar-refractivity contribution in [2.45, 2.75) is 109 Å². The number of benzene rings is 1. The van der Waals surface area contributed by atoms with E-state index in [4.69, 9.17) is 0 Å². The fraction of sp³-hybridized carbons (Fsp3) is 0.618. The zero-order valence-corrected chi connectivity index (χ0v) is 28.9. The van der Waals surface area contributed by atoms with Crippen molar-refractivity contribution in [1.82, 2.24) is 20.5 Å². The van der Waals surface area contributed by atoms with E-state index in [2.05, 4.69) is 27.9 Å². The summed E-state index contributed by atoms with van der Waals surface area (Å²) in [6.45, 7) is 9.26. The van der Waals surface area contributed by atoms with E-state index in [1.807, 2.05) is 0 Å². The van der Waals surface area contributed by atoms with Crippen LogP contribution in [0.3, 0.4) is 0 Å². The standard InChI is InChI=1S/C34H46F3N5O5S/c1-6-26(43)40-27(30(45)42-15-13-33(5,47)14-16-42)21(4)23-11-12-25(24(35)17-23)39-29(44)28(22-9-7-19(2)8-10-22)41-31(46)34(36,37)32-38-20(3)18-48-32/h11-12,17-19,21-22,27-28,47H,6-10,13-16H2,1-5H3,(H,39,44)(H,40,43)(H,41,46)/t19-,21-,22-,27+,28-/m0/s1. The number of amides is 4. The van der Waals surface area contributed by atoms with Crippen molar-refractivity contribution in [3.63, 3.8) is 0 Å². The van der Waals surface area contributed by atoms with E-state index in [-0.39, 0.29) is 23.9 Å². The van der Waals surface area contributed by atoms with E-state index < -0.39 is 58.1 Å². The Bertz CT molecular complexity index is 1480. The molecule has 0 unspecified atom stereocenters. The molecule has 0 spiro atoms. The Morgan fingerprint density at radius 3 is 2.33 bits per heavy atom. The molecule has 1 aromatic heterocycles. The number of anilines is 1. The van der Waals surface area contributed by atoms with Crippen LogP contribution in [0.25, 0.3) is 0 Å². The normalized spacial score (nSPS) is 21.5. The number of nitrogens with zero attached hydrogens (tertiary/aromatic N) is 2. The van der Waals surface area contributed by atoms with E-state index >= 15 is 13.2 Å². The molecule has 0 radical (unpaired) electrons. The number of hydrogen-bond acceptors (Lipinski definition) is 7.